The van der Waals surface area contributed by atoms with Crippen molar-refractivity contribution in [1.29, 1.82) is 0 Å². The Morgan fingerprint density at radius 3 is 0.987 bits per heavy atom. The summed E-state index contributed by atoms with van der Waals surface area (Å²) in [5, 5.41) is 14.0. The van der Waals surface area contributed by atoms with E-state index in [1.807, 2.05) is 27.2 Å². The average Bonchev–Trinajstić information content (AvgIpc) is 3.41. The number of phosphoric acid groups is 1. The monoisotopic (exact) mass is 1120 g/mol. The zero-order chi connectivity index (χ0) is 57.0. The van der Waals surface area contributed by atoms with Gasteiger partial charge in [0.05, 0.1) is 39.9 Å². The molecule has 0 aliphatic carbocycles. The average molecular weight is 1120 g/mol. The SMILES string of the molecule is CCCCCCCCCC/C=C\CCCCCCCCCCCCCCCCCCCCCCCCCC(=O)NC(COP(=O)(O)OCC[N+](C)(C)C)C(O)/C=C/CCCCCCCCCCCCCCCCCCCCC. The lowest BCUT2D eigenvalue weighted by atomic mass is 10.0. The molecular weight excluding hydrogens is 984 g/mol. The number of nitrogens with one attached hydrogen (secondary N) is 1. The molecule has 0 aromatic heterocycles. The summed E-state index contributed by atoms with van der Waals surface area (Å²) in [6.07, 6.45) is 79.0. The quantitative estimate of drug-likeness (QED) is 0.0243. The van der Waals surface area contributed by atoms with Gasteiger partial charge in [0.1, 0.15) is 13.2 Å². The molecule has 0 bridgehead atoms. The van der Waals surface area contributed by atoms with Crippen molar-refractivity contribution in [2.24, 2.45) is 0 Å². The van der Waals surface area contributed by atoms with Gasteiger partial charge < -0.3 is 19.8 Å². The van der Waals surface area contributed by atoms with Gasteiger partial charge in [-0.05, 0) is 44.9 Å². The molecule has 0 fully saturated rings. The lowest BCUT2D eigenvalue weighted by Gasteiger charge is -2.25. The Labute approximate surface area is 487 Å². The van der Waals surface area contributed by atoms with Crippen LogP contribution >= 0.6 is 7.82 Å². The summed E-state index contributed by atoms with van der Waals surface area (Å²) in [7, 11) is 1.59. The van der Waals surface area contributed by atoms with Crippen molar-refractivity contribution in [2.75, 3.05) is 40.9 Å². The van der Waals surface area contributed by atoms with E-state index in [1.54, 1.807) is 6.08 Å². The predicted molar refractivity (Wildman–Crippen MR) is 342 cm³/mol. The highest BCUT2D eigenvalue weighted by Crippen LogP contribution is 2.43. The smallest absolute Gasteiger partial charge is 0.387 e. The number of quaternary nitrogens is 1. The molecule has 0 rings (SSSR count). The van der Waals surface area contributed by atoms with Crippen LogP contribution in [0, 0.1) is 0 Å². The van der Waals surface area contributed by atoms with Gasteiger partial charge >= 0.3 is 7.82 Å². The minimum absolute atomic E-state index is 0.0646. The summed E-state index contributed by atoms with van der Waals surface area (Å²) in [5.41, 5.74) is 0. The minimum Gasteiger partial charge on any atom is -0.387 e. The van der Waals surface area contributed by atoms with E-state index < -0.39 is 20.0 Å². The van der Waals surface area contributed by atoms with Crippen molar-refractivity contribution in [3.05, 3.63) is 24.3 Å². The molecule has 464 valence electrons. The second kappa shape index (κ2) is 60.6. The van der Waals surface area contributed by atoms with Crippen molar-refractivity contribution in [2.45, 2.75) is 373 Å². The van der Waals surface area contributed by atoms with Crippen molar-refractivity contribution in [3.8, 4) is 0 Å². The van der Waals surface area contributed by atoms with Crippen molar-refractivity contribution in [1.82, 2.24) is 5.32 Å². The van der Waals surface area contributed by atoms with Crippen LogP contribution in [-0.2, 0) is 18.4 Å². The third-order valence-corrected chi connectivity index (χ3v) is 17.1. The summed E-state index contributed by atoms with van der Waals surface area (Å²) in [6, 6.07) is -0.844. The Morgan fingerprint density at radius 2 is 0.692 bits per heavy atom. The first-order valence-electron chi connectivity index (χ1n) is 34.7. The number of aliphatic hydroxyl groups excluding tert-OH is 1. The zero-order valence-corrected chi connectivity index (χ0v) is 54.1. The molecule has 0 aromatic carbocycles. The minimum atomic E-state index is -4.35. The number of nitrogens with zero attached hydrogens (tertiary/aromatic N) is 1. The molecule has 1 amide bonds. The second-order valence-corrected chi connectivity index (χ2v) is 26.7. The van der Waals surface area contributed by atoms with Gasteiger partial charge in [0, 0.05) is 6.42 Å². The lowest BCUT2D eigenvalue weighted by molar-refractivity contribution is -0.870. The fourth-order valence-electron chi connectivity index (χ4n) is 10.7. The van der Waals surface area contributed by atoms with E-state index in [2.05, 4.69) is 31.3 Å². The molecule has 0 saturated carbocycles. The number of phosphoric ester groups is 1. The second-order valence-electron chi connectivity index (χ2n) is 25.3. The first-order chi connectivity index (χ1) is 38.0. The number of unbranched alkanes of at least 4 members (excludes halogenated alkanes) is 50. The maximum Gasteiger partial charge on any atom is 0.472 e. The fourth-order valence-corrected chi connectivity index (χ4v) is 11.5. The molecule has 0 aromatic rings. The molecule has 3 atom stereocenters. The van der Waals surface area contributed by atoms with Crippen molar-refractivity contribution in [3.63, 3.8) is 0 Å². The predicted octanol–water partition coefficient (Wildman–Crippen LogP) is 21.9. The highest BCUT2D eigenvalue weighted by Gasteiger charge is 2.28. The van der Waals surface area contributed by atoms with Gasteiger partial charge in [0.2, 0.25) is 5.91 Å². The normalized spacial score (nSPS) is 13.8. The lowest BCUT2D eigenvalue weighted by Crippen LogP contribution is -2.45. The fraction of sp³-hybridized carbons (Fsp3) is 0.928. The Morgan fingerprint density at radius 1 is 0.423 bits per heavy atom. The number of rotatable bonds is 65. The van der Waals surface area contributed by atoms with E-state index in [0.717, 1.165) is 32.1 Å². The molecular formula is C69H138N2O6P+. The number of hydrogen-bond donors (Lipinski definition) is 3. The van der Waals surface area contributed by atoms with E-state index >= 15 is 0 Å². The van der Waals surface area contributed by atoms with E-state index in [9.17, 15) is 19.4 Å². The number of carbonyl (C=O) groups is 1. The number of hydrogen-bond acceptors (Lipinski definition) is 5. The van der Waals surface area contributed by atoms with Crippen molar-refractivity contribution >= 4 is 13.7 Å². The first kappa shape index (κ1) is 77.0. The number of carbonyl (C=O) groups excluding carboxylic acids is 1. The molecule has 0 aliphatic heterocycles. The molecule has 8 nitrogen and oxygen atoms in total. The standard InChI is InChI=1S/C69H137N2O6P/c1-6-8-10-12-14-16-18-20-22-24-26-28-29-30-31-32-33-34-35-36-37-38-39-40-41-43-45-47-49-51-53-55-57-59-61-63-69(73)70-67(66-77-78(74,75)76-65-64-71(3,4)5)68(72)62-60-58-56-54-52-50-48-46-44-42-27-25-23-21-19-17-15-13-11-9-7-2/h24,26,60,62,67-68,72H,6-23,25,27-59,61,63-66H2,1-5H3,(H-,70,73,74,75)/p+1/b26-24-,62-60+. The van der Waals surface area contributed by atoms with Crippen LogP contribution in [0.5, 0.6) is 0 Å². The number of allylic oxidation sites excluding steroid dienone is 3. The van der Waals surface area contributed by atoms with Gasteiger partial charge in [-0.3, -0.25) is 13.8 Å². The molecule has 0 aliphatic rings. The van der Waals surface area contributed by atoms with E-state index in [1.165, 1.54) is 308 Å². The Kier molecular flexibility index (Phi) is 59.8. The Bertz CT molecular complexity index is 1320. The summed E-state index contributed by atoms with van der Waals surface area (Å²) in [5.74, 6) is -0.168. The summed E-state index contributed by atoms with van der Waals surface area (Å²) >= 11 is 0. The summed E-state index contributed by atoms with van der Waals surface area (Å²) < 4.78 is 23.8. The van der Waals surface area contributed by atoms with Gasteiger partial charge in [-0.2, -0.15) is 0 Å². The molecule has 0 heterocycles. The maximum atomic E-state index is 13.0. The third-order valence-electron chi connectivity index (χ3n) is 16.2. The zero-order valence-electron chi connectivity index (χ0n) is 53.2. The number of aliphatic hydroxyl groups is 1. The van der Waals surface area contributed by atoms with Crippen LogP contribution in [0.25, 0.3) is 0 Å². The molecule has 3 unspecified atom stereocenters. The first-order valence-corrected chi connectivity index (χ1v) is 36.2. The van der Waals surface area contributed by atoms with Gasteiger partial charge in [-0.1, -0.05) is 334 Å². The third kappa shape index (κ3) is 62.6. The van der Waals surface area contributed by atoms with Gasteiger partial charge in [0.25, 0.3) is 0 Å². The highest BCUT2D eigenvalue weighted by atomic mass is 31.2. The van der Waals surface area contributed by atoms with Crippen LogP contribution in [-0.4, -0.2) is 73.4 Å². The molecule has 3 N–H and O–H groups in total. The highest BCUT2D eigenvalue weighted by molar-refractivity contribution is 7.47. The van der Waals surface area contributed by atoms with E-state index in [4.69, 9.17) is 9.05 Å². The van der Waals surface area contributed by atoms with Crippen LogP contribution in [0.3, 0.4) is 0 Å². The summed E-state index contributed by atoms with van der Waals surface area (Å²) in [4.78, 5) is 23.4. The molecule has 0 spiro atoms. The van der Waals surface area contributed by atoms with Crippen LogP contribution in [0.4, 0.5) is 0 Å². The van der Waals surface area contributed by atoms with E-state index in [-0.39, 0.29) is 19.1 Å². The van der Waals surface area contributed by atoms with Crippen LogP contribution < -0.4 is 5.32 Å². The van der Waals surface area contributed by atoms with E-state index in [0.29, 0.717) is 17.4 Å². The van der Waals surface area contributed by atoms with Crippen molar-refractivity contribution < 1.29 is 32.9 Å². The summed E-state index contributed by atoms with van der Waals surface area (Å²) in [6.45, 7) is 4.88. The maximum absolute atomic E-state index is 13.0. The molecule has 9 heteroatoms. The van der Waals surface area contributed by atoms with Gasteiger partial charge in [-0.15, -0.1) is 0 Å². The number of amides is 1. The molecule has 0 radical (unpaired) electrons. The van der Waals surface area contributed by atoms with Gasteiger partial charge in [0.15, 0.2) is 0 Å². The Hall–Kier alpha value is -1.02. The topological polar surface area (TPSA) is 105 Å². The largest absolute Gasteiger partial charge is 0.472 e. The molecule has 0 saturated heterocycles. The van der Waals surface area contributed by atoms with Crippen LogP contribution in [0.1, 0.15) is 361 Å². The Balaban J connectivity index is 3.98. The van der Waals surface area contributed by atoms with Crippen LogP contribution in [0.15, 0.2) is 24.3 Å². The van der Waals surface area contributed by atoms with Gasteiger partial charge in [-0.25, -0.2) is 4.57 Å². The number of likely N-dealkylation sites (N-methyl/N-ethyl adjacent to an activating group) is 1. The molecule has 78 heavy (non-hydrogen) atoms. The van der Waals surface area contributed by atoms with Crippen LogP contribution in [0.2, 0.25) is 0 Å².